The normalized spacial score (nSPS) is 13.9. The Morgan fingerprint density at radius 1 is 1.56 bits per heavy atom. The molecule has 0 fully saturated rings. The van der Waals surface area contributed by atoms with E-state index in [1.807, 2.05) is 13.0 Å². The molecule has 2 unspecified atom stereocenters. The standard InChI is InChI=1S/C13H20N2O3/c1-9(10-4-3-5-11(16)8-10)15-13(17)12(14)6-7-18-2/h3-5,8-9,12,16H,6-7,14H2,1-2H3,(H,15,17). The van der Waals surface area contributed by atoms with Gasteiger partial charge in [-0.2, -0.15) is 0 Å². The fourth-order valence-electron chi connectivity index (χ4n) is 1.57. The zero-order chi connectivity index (χ0) is 13.5. The highest BCUT2D eigenvalue weighted by Crippen LogP contribution is 2.17. The first-order valence-electron chi connectivity index (χ1n) is 5.88. The van der Waals surface area contributed by atoms with Crippen LogP contribution in [0.2, 0.25) is 0 Å². The third-order valence-electron chi connectivity index (χ3n) is 2.70. The van der Waals surface area contributed by atoms with Gasteiger partial charge in [-0.3, -0.25) is 4.79 Å². The number of benzene rings is 1. The predicted octanol–water partition coefficient (Wildman–Crippen LogP) is 0.933. The van der Waals surface area contributed by atoms with Crippen LogP contribution in [0.4, 0.5) is 0 Å². The maximum absolute atomic E-state index is 11.8. The number of phenols is 1. The molecule has 4 N–H and O–H groups in total. The van der Waals surface area contributed by atoms with Crippen LogP contribution < -0.4 is 11.1 Å². The minimum absolute atomic E-state index is 0.178. The maximum atomic E-state index is 11.8. The van der Waals surface area contributed by atoms with Crippen molar-refractivity contribution in [2.75, 3.05) is 13.7 Å². The largest absolute Gasteiger partial charge is 0.508 e. The number of phenolic OH excluding ortho intramolecular Hbond substituents is 1. The fraction of sp³-hybridized carbons (Fsp3) is 0.462. The van der Waals surface area contributed by atoms with Crippen molar-refractivity contribution in [2.24, 2.45) is 5.73 Å². The van der Waals surface area contributed by atoms with Crippen LogP contribution in [0, 0.1) is 0 Å². The summed E-state index contributed by atoms with van der Waals surface area (Å²) in [5.41, 5.74) is 6.55. The Kier molecular flexibility index (Phi) is 5.61. The zero-order valence-corrected chi connectivity index (χ0v) is 10.7. The minimum Gasteiger partial charge on any atom is -0.508 e. The number of hydrogen-bond donors (Lipinski definition) is 3. The van der Waals surface area contributed by atoms with Gasteiger partial charge in [0.05, 0.1) is 12.1 Å². The average Bonchev–Trinajstić information content (AvgIpc) is 2.35. The lowest BCUT2D eigenvalue weighted by molar-refractivity contribution is -0.123. The van der Waals surface area contributed by atoms with Crippen LogP contribution in [0.15, 0.2) is 24.3 Å². The second kappa shape index (κ2) is 6.98. The highest BCUT2D eigenvalue weighted by molar-refractivity contribution is 5.81. The van der Waals surface area contributed by atoms with Crippen LogP contribution in [-0.2, 0) is 9.53 Å². The van der Waals surface area contributed by atoms with E-state index in [1.165, 1.54) is 0 Å². The molecule has 1 amide bonds. The molecule has 0 radical (unpaired) electrons. The summed E-state index contributed by atoms with van der Waals surface area (Å²) in [6.07, 6.45) is 0.481. The number of rotatable bonds is 6. The molecule has 1 aromatic carbocycles. The molecule has 1 aromatic rings. The predicted molar refractivity (Wildman–Crippen MR) is 69.1 cm³/mol. The molecule has 0 aromatic heterocycles. The molecule has 0 aliphatic heterocycles. The number of ether oxygens (including phenoxy) is 1. The highest BCUT2D eigenvalue weighted by Gasteiger charge is 2.16. The summed E-state index contributed by atoms with van der Waals surface area (Å²) >= 11 is 0. The molecule has 0 spiro atoms. The van der Waals surface area contributed by atoms with Gasteiger partial charge in [0.15, 0.2) is 0 Å². The Morgan fingerprint density at radius 3 is 2.89 bits per heavy atom. The topological polar surface area (TPSA) is 84.6 Å². The lowest BCUT2D eigenvalue weighted by atomic mass is 10.1. The second-order valence-corrected chi connectivity index (χ2v) is 4.21. The first-order chi connectivity index (χ1) is 8.54. The number of carbonyl (C=O) groups is 1. The Bertz CT molecular complexity index is 396. The van der Waals surface area contributed by atoms with Crippen LogP contribution in [0.25, 0.3) is 0 Å². The van der Waals surface area contributed by atoms with Crippen molar-refractivity contribution < 1.29 is 14.6 Å². The van der Waals surface area contributed by atoms with E-state index in [1.54, 1.807) is 25.3 Å². The van der Waals surface area contributed by atoms with Crippen molar-refractivity contribution >= 4 is 5.91 Å². The molecule has 0 heterocycles. The summed E-state index contributed by atoms with van der Waals surface area (Å²) in [7, 11) is 1.57. The molecule has 18 heavy (non-hydrogen) atoms. The monoisotopic (exact) mass is 252 g/mol. The van der Waals surface area contributed by atoms with Crippen molar-refractivity contribution in [3.63, 3.8) is 0 Å². The van der Waals surface area contributed by atoms with Gasteiger partial charge in [0.2, 0.25) is 5.91 Å². The van der Waals surface area contributed by atoms with Gasteiger partial charge in [-0.1, -0.05) is 12.1 Å². The number of amides is 1. The highest BCUT2D eigenvalue weighted by atomic mass is 16.5. The van der Waals surface area contributed by atoms with E-state index < -0.39 is 6.04 Å². The average molecular weight is 252 g/mol. The number of hydrogen-bond acceptors (Lipinski definition) is 4. The van der Waals surface area contributed by atoms with E-state index in [0.717, 1.165) is 5.56 Å². The van der Waals surface area contributed by atoms with Crippen molar-refractivity contribution in [3.05, 3.63) is 29.8 Å². The van der Waals surface area contributed by atoms with Gasteiger partial charge < -0.3 is 20.9 Å². The maximum Gasteiger partial charge on any atom is 0.237 e. The lowest BCUT2D eigenvalue weighted by Crippen LogP contribution is -2.42. The van der Waals surface area contributed by atoms with Gasteiger partial charge in [0.25, 0.3) is 0 Å². The van der Waals surface area contributed by atoms with Gasteiger partial charge in [0.1, 0.15) is 5.75 Å². The van der Waals surface area contributed by atoms with Gasteiger partial charge in [-0.15, -0.1) is 0 Å². The first kappa shape index (κ1) is 14.5. The summed E-state index contributed by atoms with van der Waals surface area (Å²) < 4.78 is 4.87. The van der Waals surface area contributed by atoms with E-state index in [-0.39, 0.29) is 17.7 Å². The SMILES string of the molecule is COCCC(N)C(=O)NC(C)c1cccc(O)c1. The van der Waals surface area contributed by atoms with E-state index in [9.17, 15) is 9.90 Å². The number of methoxy groups -OCH3 is 1. The molecular formula is C13H20N2O3. The van der Waals surface area contributed by atoms with Crippen LogP contribution in [-0.4, -0.2) is 30.8 Å². The minimum atomic E-state index is -0.579. The molecule has 0 saturated heterocycles. The summed E-state index contributed by atoms with van der Waals surface area (Å²) in [5, 5.41) is 12.2. The smallest absolute Gasteiger partial charge is 0.237 e. The molecule has 1 rings (SSSR count). The van der Waals surface area contributed by atoms with E-state index in [0.29, 0.717) is 13.0 Å². The number of nitrogens with one attached hydrogen (secondary N) is 1. The molecule has 0 saturated carbocycles. The number of nitrogens with two attached hydrogens (primary N) is 1. The summed E-state index contributed by atoms with van der Waals surface area (Å²) in [4.78, 5) is 11.8. The number of carbonyl (C=O) groups excluding carboxylic acids is 1. The number of aromatic hydroxyl groups is 1. The lowest BCUT2D eigenvalue weighted by Gasteiger charge is -2.17. The van der Waals surface area contributed by atoms with E-state index in [2.05, 4.69) is 5.32 Å². The Morgan fingerprint density at radius 2 is 2.28 bits per heavy atom. The van der Waals surface area contributed by atoms with Crippen LogP contribution in [0.1, 0.15) is 24.9 Å². The summed E-state index contributed by atoms with van der Waals surface area (Å²) in [6.45, 7) is 2.30. The van der Waals surface area contributed by atoms with Gasteiger partial charge >= 0.3 is 0 Å². The summed E-state index contributed by atoms with van der Waals surface area (Å²) in [6, 6.07) is 6.00. The molecule has 2 atom stereocenters. The van der Waals surface area contributed by atoms with Crippen molar-refractivity contribution in [2.45, 2.75) is 25.4 Å². The van der Waals surface area contributed by atoms with Gasteiger partial charge in [0, 0.05) is 13.7 Å². The molecule has 5 heteroatoms. The van der Waals surface area contributed by atoms with Crippen LogP contribution in [0.3, 0.4) is 0 Å². The molecule has 100 valence electrons. The summed E-state index contributed by atoms with van der Waals surface area (Å²) in [5.74, 6) is -0.0415. The molecule has 0 bridgehead atoms. The Hall–Kier alpha value is -1.59. The third kappa shape index (κ3) is 4.35. The van der Waals surface area contributed by atoms with E-state index >= 15 is 0 Å². The van der Waals surface area contributed by atoms with Crippen molar-refractivity contribution in [1.82, 2.24) is 5.32 Å². The molecular weight excluding hydrogens is 232 g/mol. The Labute approximate surface area is 107 Å². The van der Waals surface area contributed by atoms with Crippen LogP contribution in [0.5, 0.6) is 5.75 Å². The van der Waals surface area contributed by atoms with Crippen molar-refractivity contribution in [1.29, 1.82) is 0 Å². The first-order valence-corrected chi connectivity index (χ1v) is 5.88. The van der Waals surface area contributed by atoms with Crippen molar-refractivity contribution in [3.8, 4) is 5.75 Å². The van der Waals surface area contributed by atoms with Gasteiger partial charge in [-0.25, -0.2) is 0 Å². The molecule has 0 aliphatic carbocycles. The molecule has 0 aliphatic rings. The van der Waals surface area contributed by atoms with Crippen LogP contribution >= 0.6 is 0 Å². The van der Waals surface area contributed by atoms with E-state index in [4.69, 9.17) is 10.5 Å². The molecule has 5 nitrogen and oxygen atoms in total. The Balaban J connectivity index is 2.54. The fourth-order valence-corrected chi connectivity index (χ4v) is 1.57. The second-order valence-electron chi connectivity index (χ2n) is 4.21. The third-order valence-corrected chi connectivity index (χ3v) is 2.70. The zero-order valence-electron chi connectivity index (χ0n) is 10.7. The van der Waals surface area contributed by atoms with Gasteiger partial charge in [-0.05, 0) is 31.0 Å². The quantitative estimate of drug-likeness (QED) is 0.703.